The molecule has 2 heterocycles. The SMILES string of the molecule is Nc1ccc(Nc2nc3c(s2)CCCC3)nn1. The molecule has 1 aliphatic rings. The predicted octanol–water partition coefficient (Wildman–Crippen LogP) is 2.14. The monoisotopic (exact) mass is 247 g/mol. The molecule has 17 heavy (non-hydrogen) atoms. The van der Waals surface area contributed by atoms with Gasteiger partial charge in [0, 0.05) is 4.88 Å². The van der Waals surface area contributed by atoms with Gasteiger partial charge in [-0.25, -0.2) is 4.98 Å². The maximum Gasteiger partial charge on any atom is 0.188 e. The second-order valence-electron chi connectivity index (χ2n) is 4.06. The van der Waals surface area contributed by atoms with Gasteiger partial charge in [0.2, 0.25) is 0 Å². The average Bonchev–Trinajstić information content (AvgIpc) is 2.74. The minimum atomic E-state index is 0.425. The summed E-state index contributed by atoms with van der Waals surface area (Å²) in [6, 6.07) is 3.53. The van der Waals surface area contributed by atoms with E-state index in [0.29, 0.717) is 11.6 Å². The van der Waals surface area contributed by atoms with Crippen molar-refractivity contribution in [2.24, 2.45) is 0 Å². The van der Waals surface area contributed by atoms with E-state index in [2.05, 4.69) is 20.5 Å². The van der Waals surface area contributed by atoms with Crippen molar-refractivity contribution in [1.82, 2.24) is 15.2 Å². The molecule has 0 amide bonds. The van der Waals surface area contributed by atoms with Crippen molar-refractivity contribution in [2.75, 3.05) is 11.1 Å². The molecule has 0 radical (unpaired) electrons. The number of fused-ring (bicyclic) bond motifs is 1. The van der Waals surface area contributed by atoms with Crippen molar-refractivity contribution < 1.29 is 0 Å². The minimum Gasteiger partial charge on any atom is -0.382 e. The first kappa shape index (κ1) is 10.5. The Bertz CT molecular complexity index is 496. The molecule has 1 aliphatic carbocycles. The first-order valence-corrected chi connectivity index (χ1v) is 6.48. The second-order valence-corrected chi connectivity index (χ2v) is 5.15. The summed E-state index contributed by atoms with van der Waals surface area (Å²) in [5.74, 6) is 1.11. The number of aromatic nitrogens is 3. The molecule has 0 saturated carbocycles. The molecule has 3 rings (SSSR count). The van der Waals surface area contributed by atoms with Gasteiger partial charge in [0.1, 0.15) is 5.82 Å². The van der Waals surface area contributed by atoms with E-state index in [0.717, 1.165) is 18.0 Å². The lowest BCUT2D eigenvalue weighted by atomic mass is 10.0. The van der Waals surface area contributed by atoms with E-state index in [9.17, 15) is 0 Å². The summed E-state index contributed by atoms with van der Waals surface area (Å²) in [6.07, 6.45) is 4.77. The van der Waals surface area contributed by atoms with Crippen LogP contribution in [-0.2, 0) is 12.8 Å². The van der Waals surface area contributed by atoms with E-state index in [1.54, 1.807) is 17.4 Å². The van der Waals surface area contributed by atoms with Crippen LogP contribution in [0.5, 0.6) is 0 Å². The van der Waals surface area contributed by atoms with Gasteiger partial charge in [0.05, 0.1) is 5.69 Å². The van der Waals surface area contributed by atoms with Crippen molar-refractivity contribution >= 4 is 28.1 Å². The molecule has 0 fully saturated rings. The molecular formula is C11H13N5S. The lowest BCUT2D eigenvalue weighted by Crippen LogP contribution is -2.00. The third kappa shape index (κ3) is 2.21. The van der Waals surface area contributed by atoms with Crippen molar-refractivity contribution in [3.05, 3.63) is 22.7 Å². The zero-order valence-electron chi connectivity index (χ0n) is 9.31. The van der Waals surface area contributed by atoms with Crippen LogP contribution in [0.3, 0.4) is 0 Å². The summed E-state index contributed by atoms with van der Waals surface area (Å²) in [6.45, 7) is 0. The molecule has 88 valence electrons. The number of hydrogen-bond donors (Lipinski definition) is 2. The van der Waals surface area contributed by atoms with Crippen LogP contribution in [-0.4, -0.2) is 15.2 Å². The highest BCUT2D eigenvalue weighted by atomic mass is 32.1. The molecule has 0 saturated heterocycles. The minimum absolute atomic E-state index is 0.425. The highest BCUT2D eigenvalue weighted by Gasteiger charge is 2.15. The van der Waals surface area contributed by atoms with Crippen molar-refractivity contribution in [1.29, 1.82) is 0 Å². The van der Waals surface area contributed by atoms with E-state index < -0.39 is 0 Å². The Morgan fingerprint density at radius 1 is 1.18 bits per heavy atom. The zero-order chi connectivity index (χ0) is 11.7. The largest absolute Gasteiger partial charge is 0.382 e. The normalized spacial score (nSPS) is 14.4. The maximum atomic E-state index is 5.49. The number of nitrogens with zero attached hydrogens (tertiary/aromatic N) is 3. The molecule has 0 spiro atoms. The van der Waals surface area contributed by atoms with Crippen LogP contribution in [0.15, 0.2) is 12.1 Å². The summed E-state index contributed by atoms with van der Waals surface area (Å²) < 4.78 is 0. The predicted molar refractivity (Wildman–Crippen MR) is 68.5 cm³/mol. The van der Waals surface area contributed by atoms with Gasteiger partial charge in [-0.1, -0.05) is 0 Å². The number of aryl methyl sites for hydroxylation is 2. The molecule has 3 N–H and O–H groups in total. The molecule has 2 aromatic rings. The fraction of sp³-hybridized carbons (Fsp3) is 0.364. The smallest absolute Gasteiger partial charge is 0.188 e. The van der Waals surface area contributed by atoms with E-state index in [-0.39, 0.29) is 0 Å². The first-order valence-electron chi connectivity index (χ1n) is 5.66. The van der Waals surface area contributed by atoms with Gasteiger partial charge in [-0.05, 0) is 37.8 Å². The summed E-state index contributed by atoms with van der Waals surface area (Å²) in [5.41, 5.74) is 6.73. The van der Waals surface area contributed by atoms with Gasteiger partial charge in [0.15, 0.2) is 10.9 Å². The van der Waals surface area contributed by atoms with Crippen LogP contribution in [0.4, 0.5) is 16.8 Å². The quantitative estimate of drug-likeness (QED) is 0.850. The van der Waals surface area contributed by atoms with Gasteiger partial charge in [-0.15, -0.1) is 21.5 Å². The third-order valence-electron chi connectivity index (χ3n) is 2.77. The molecule has 6 heteroatoms. The lowest BCUT2D eigenvalue weighted by Gasteiger charge is -2.06. The number of nitrogen functional groups attached to an aromatic ring is 1. The van der Waals surface area contributed by atoms with Gasteiger partial charge in [-0.2, -0.15) is 0 Å². The van der Waals surface area contributed by atoms with Crippen molar-refractivity contribution in [3.8, 4) is 0 Å². The Balaban J connectivity index is 1.80. The van der Waals surface area contributed by atoms with Crippen LogP contribution in [0, 0.1) is 0 Å². The van der Waals surface area contributed by atoms with E-state index in [1.165, 1.54) is 23.4 Å². The lowest BCUT2D eigenvalue weighted by molar-refractivity contribution is 0.683. The Labute approximate surface area is 103 Å². The molecule has 0 atom stereocenters. The van der Waals surface area contributed by atoms with Gasteiger partial charge in [-0.3, -0.25) is 0 Å². The summed E-state index contributed by atoms with van der Waals surface area (Å²) >= 11 is 1.71. The Morgan fingerprint density at radius 2 is 2.06 bits per heavy atom. The zero-order valence-corrected chi connectivity index (χ0v) is 10.1. The molecule has 0 bridgehead atoms. The first-order chi connectivity index (χ1) is 8.31. The fourth-order valence-electron chi connectivity index (χ4n) is 1.92. The number of nitrogens with two attached hydrogens (primary N) is 1. The number of hydrogen-bond acceptors (Lipinski definition) is 6. The highest BCUT2D eigenvalue weighted by Crippen LogP contribution is 2.30. The van der Waals surface area contributed by atoms with Crippen LogP contribution >= 0.6 is 11.3 Å². The highest BCUT2D eigenvalue weighted by molar-refractivity contribution is 7.15. The Hall–Kier alpha value is -1.69. The summed E-state index contributed by atoms with van der Waals surface area (Å²) in [7, 11) is 0. The van der Waals surface area contributed by atoms with Crippen LogP contribution in [0.2, 0.25) is 0 Å². The standard InChI is InChI=1S/C11H13N5S/c12-9-5-6-10(16-15-9)14-11-13-7-3-1-2-4-8(7)17-11/h5-6H,1-4H2,(H2,12,15)(H,13,14,16). The van der Waals surface area contributed by atoms with E-state index in [1.807, 2.05) is 6.07 Å². The van der Waals surface area contributed by atoms with Gasteiger partial charge >= 0.3 is 0 Å². The molecule has 0 aliphatic heterocycles. The second kappa shape index (κ2) is 4.29. The molecule has 0 unspecified atom stereocenters. The molecular weight excluding hydrogens is 234 g/mol. The van der Waals surface area contributed by atoms with E-state index >= 15 is 0 Å². The Kier molecular flexibility index (Phi) is 2.64. The number of thiazole rings is 1. The van der Waals surface area contributed by atoms with Crippen molar-refractivity contribution in [3.63, 3.8) is 0 Å². The summed E-state index contributed by atoms with van der Waals surface area (Å²) in [5, 5.41) is 11.8. The summed E-state index contributed by atoms with van der Waals surface area (Å²) in [4.78, 5) is 5.98. The number of anilines is 3. The third-order valence-corrected chi connectivity index (χ3v) is 3.84. The van der Waals surface area contributed by atoms with Crippen LogP contribution in [0.1, 0.15) is 23.4 Å². The topological polar surface area (TPSA) is 76.7 Å². The van der Waals surface area contributed by atoms with Crippen LogP contribution < -0.4 is 11.1 Å². The van der Waals surface area contributed by atoms with Crippen molar-refractivity contribution in [2.45, 2.75) is 25.7 Å². The van der Waals surface area contributed by atoms with Crippen LogP contribution in [0.25, 0.3) is 0 Å². The molecule has 5 nitrogen and oxygen atoms in total. The number of rotatable bonds is 2. The van der Waals surface area contributed by atoms with Gasteiger partial charge in [0.25, 0.3) is 0 Å². The molecule has 0 aromatic carbocycles. The average molecular weight is 247 g/mol. The van der Waals surface area contributed by atoms with Gasteiger partial charge < -0.3 is 11.1 Å². The Morgan fingerprint density at radius 3 is 2.82 bits per heavy atom. The maximum absolute atomic E-state index is 5.49. The fourth-order valence-corrected chi connectivity index (χ4v) is 2.98. The molecule has 2 aromatic heterocycles. The number of nitrogens with one attached hydrogen (secondary N) is 1. The van der Waals surface area contributed by atoms with E-state index in [4.69, 9.17) is 5.73 Å².